The van der Waals surface area contributed by atoms with Crippen molar-refractivity contribution >= 4 is 11.6 Å². The standard InChI is InChI=1S/C19H20N2O3/c22-16-10-11-17(18(23)12-16)19(24)21-20-15-8-6-14(7-9-15)13-4-2-1-3-5-13/h1-5,10-12,14,22-23H,6-9H2,(H,21,24). The van der Waals surface area contributed by atoms with Gasteiger partial charge in [-0.3, -0.25) is 4.79 Å². The van der Waals surface area contributed by atoms with Gasteiger partial charge in [0, 0.05) is 11.8 Å². The Balaban J connectivity index is 1.57. The summed E-state index contributed by atoms with van der Waals surface area (Å²) in [5.74, 6) is -0.290. The Morgan fingerprint density at radius 1 is 1.04 bits per heavy atom. The van der Waals surface area contributed by atoms with E-state index in [1.165, 1.54) is 17.7 Å². The van der Waals surface area contributed by atoms with Crippen LogP contribution in [-0.4, -0.2) is 21.8 Å². The summed E-state index contributed by atoms with van der Waals surface area (Å²) in [5, 5.41) is 23.1. The summed E-state index contributed by atoms with van der Waals surface area (Å²) in [6.45, 7) is 0. The number of rotatable bonds is 3. The number of hydrogen-bond acceptors (Lipinski definition) is 4. The van der Waals surface area contributed by atoms with Crippen molar-refractivity contribution < 1.29 is 15.0 Å². The first kappa shape index (κ1) is 16.1. The zero-order valence-corrected chi connectivity index (χ0v) is 13.3. The van der Waals surface area contributed by atoms with Crippen molar-refractivity contribution in [3.8, 4) is 11.5 Å². The summed E-state index contributed by atoms with van der Waals surface area (Å²) in [6, 6.07) is 14.3. The van der Waals surface area contributed by atoms with Crippen LogP contribution in [0, 0.1) is 0 Å². The van der Waals surface area contributed by atoms with Gasteiger partial charge in [0.1, 0.15) is 11.5 Å². The van der Waals surface area contributed by atoms with Crippen LogP contribution in [-0.2, 0) is 0 Å². The monoisotopic (exact) mass is 324 g/mol. The summed E-state index contributed by atoms with van der Waals surface area (Å²) < 4.78 is 0. The fourth-order valence-electron chi connectivity index (χ4n) is 3.02. The second-order valence-corrected chi connectivity index (χ2v) is 6.01. The van der Waals surface area contributed by atoms with E-state index < -0.39 is 5.91 Å². The molecule has 24 heavy (non-hydrogen) atoms. The molecule has 0 aliphatic heterocycles. The van der Waals surface area contributed by atoms with E-state index in [1.54, 1.807) is 0 Å². The van der Waals surface area contributed by atoms with Crippen LogP contribution in [0.2, 0.25) is 0 Å². The van der Waals surface area contributed by atoms with Crippen LogP contribution in [0.1, 0.15) is 47.5 Å². The number of amides is 1. The maximum absolute atomic E-state index is 12.0. The van der Waals surface area contributed by atoms with E-state index in [0.717, 1.165) is 37.5 Å². The molecule has 0 unspecified atom stereocenters. The van der Waals surface area contributed by atoms with E-state index >= 15 is 0 Å². The summed E-state index contributed by atoms with van der Waals surface area (Å²) in [4.78, 5) is 12.0. The zero-order valence-electron chi connectivity index (χ0n) is 13.3. The molecule has 1 aliphatic rings. The maximum Gasteiger partial charge on any atom is 0.275 e. The van der Waals surface area contributed by atoms with Crippen molar-refractivity contribution in [3.63, 3.8) is 0 Å². The first-order chi connectivity index (χ1) is 11.6. The predicted octanol–water partition coefficient (Wildman–Crippen LogP) is 3.54. The number of hydrazone groups is 1. The molecule has 5 nitrogen and oxygen atoms in total. The van der Waals surface area contributed by atoms with Crippen molar-refractivity contribution in [2.24, 2.45) is 5.10 Å². The minimum absolute atomic E-state index is 0.0883. The van der Waals surface area contributed by atoms with Crippen molar-refractivity contribution in [1.29, 1.82) is 0 Å². The Labute approximate surface area is 140 Å². The number of hydrogen-bond donors (Lipinski definition) is 3. The second kappa shape index (κ2) is 7.17. The topological polar surface area (TPSA) is 81.9 Å². The highest BCUT2D eigenvalue weighted by Crippen LogP contribution is 2.31. The normalized spacial score (nSPS) is 17.3. The SMILES string of the molecule is O=C(NN=C1CCC(c2ccccc2)CC1)c1ccc(O)cc1O. The molecular formula is C19H20N2O3. The van der Waals surface area contributed by atoms with Gasteiger partial charge >= 0.3 is 0 Å². The Bertz CT molecular complexity index is 746. The van der Waals surface area contributed by atoms with Crippen molar-refractivity contribution in [1.82, 2.24) is 5.43 Å². The largest absolute Gasteiger partial charge is 0.508 e. The highest BCUT2D eigenvalue weighted by molar-refractivity contribution is 5.98. The third-order valence-corrected chi connectivity index (χ3v) is 4.38. The minimum Gasteiger partial charge on any atom is -0.508 e. The molecule has 0 bridgehead atoms. The van der Waals surface area contributed by atoms with Crippen molar-refractivity contribution in [2.45, 2.75) is 31.6 Å². The van der Waals surface area contributed by atoms with Crippen LogP contribution in [0.5, 0.6) is 11.5 Å². The van der Waals surface area contributed by atoms with Crippen LogP contribution in [0.25, 0.3) is 0 Å². The number of phenolic OH excluding ortho intramolecular Hbond substituents is 2. The smallest absolute Gasteiger partial charge is 0.275 e. The number of aromatic hydroxyl groups is 2. The first-order valence-corrected chi connectivity index (χ1v) is 8.06. The molecule has 3 N–H and O–H groups in total. The van der Waals surface area contributed by atoms with Gasteiger partial charge in [-0.15, -0.1) is 0 Å². The van der Waals surface area contributed by atoms with Gasteiger partial charge in [-0.2, -0.15) is 5.10 Å². The van der Waals surface area contributed by atoms with E-state index in [2.05, 4.69) is 34.8 Å². The molecule has 2 aromatic carbocycles. The number of nitrogens with one attached hydrogen (secondary N) is 1. The fourth-order valence-corrected chi connectivity index (χ4v) is 3.02. The molecule has 3 rings (SSSR count). The third kappa shape index (κ3) is 3.74. The summed E-state index contributed by atoms with van der Waals surface area (Å²) in [7, 11) is 0. The molecule has 0 heterocycles. The average molecular weight is 324 g/mol. The second-order valence-electron chi connectivity index (χ2n) is 6.01. The average Bonchev–Trinajstić information content (AvgIpc) is 2.61. The lowest BCUT2D eigenvalue weighted by Crippen LogP contribution is -2.22. The van der Waals surface area contributed by atoms with E-state index in [1.807, 2.05) is 6.07 Å². The molecule has 1 saturated carbocycles. The molecule has 1 aliphatic carbocycles. The molecular weight excluding hydrogens is 304 g/mol. The summed E-state index contributed by atoms with van der Waals surface area (Å²) in [6.07, 6.45) is 3.73. The molecule has 124 valence electrons. The van der Waals surface area contributed by atoms with Crippen LogP contribution in [0.15, 0.2) is 53.6 Å². The maximum atomic E-state index is 12.0. The number of phenols is 2. The molecule has 0 aromatic heterocycles. The van der Waals surface area contributed by atoms with Gasteiger partial charge in [-0.1, -0.05) is 30.3 Å². The van der Waals surface area contributed by atoms with Gasteiger partial charge in [0.05, 0.1) is 5.56 Å². The molecule has 1 fully saturated rings. The first-order valence-electron chi connectivity index (χ1n) is 8.06. The minimum atomic E-state index is -0.481. The molecule has 0 atom stereocenters. The summed E-state index contributed by atoms with van der Waals surface area (Å²) in [5.41, 5.74) is 4.91. The Kier molecular flexibility index (Phi) is 4.79. The van der Waals surface area contributed by atoms with Crippen LogP contribution < -0.4 is 5.43 Å². The Morgan fingerprint density at radius 2 is 1.75 bits per heavy atom. The molecule has 0 saturated heterocycles. The van der Waals surface area contributed by atoms with Gasteiger partial charge in [-0.05, 0) is 49.3 Å². The lowest BCUT2D eigenvalue weighted by molar-refractivity contribution is 0.0952. The van der Waals surface area contributed by atoms with E-state index in [4.69, 9.17) is 0 Å². The van der Waals surface area contributed by atoms with Gasteiger partial charge in [0.25, 0.3) is 5.91 Å². The zero-order chi connectivity index (χ0) is 16.9. The highest BCUT2D eigenvalue weighted by atomic mass is 16.3. The molecule has 5 heteroatoms. The predicted molar refractivity (Wildman–Crippen MR) is 92.3 cm³/mol. The lowest BCUT2D eigenvalue weighted by atomic mass is 9.83. The van der Waals surface area contributed by atoms with Gasteiger partial charge < -0.3 is 10.2 Å². The Morgan fingerprint density at radius 3 is 2.42 bits per heavy atom. The number of carbonyl (C=O) groups is 1. The molecule has 0 radical (unpaired) electrons. The molecule has 2 aromatic rings. The van der Waals surface area contributed by atoms with Gasteiger partial charge in [0.15, 0.2) is 0 Å². The van der Waals surface area contributed by atoms with E-state index in [-0.39, 0.29) is 17.1 Å². The number of nitrogens with zero attached hydrogens (tertiary/aromatic N) is 1. The van der Waals surface area contributed by atoms with E-state index in [0.29, 0.717) is 5.92 Å². The van der Waals surface area contributed by atoms with Crippen molar-refractivity contribution in [2.75, 3.05) is 0 Å². The fraction of sp³-hybridized carbons (Fsp3) is 0.263. The van der Waals surface area contributed by atoms with Gasteiger partial charge in [-0.25, -0.2) is 5.43 Å². The van der Waals surface area contributed by atoms with Crippen LogP contribution in [0.3, 0.4) is 0 Å². The van der Waals surface area contributed by atoms with E-state index in [9.17, 15) is 15.0 Å². The quantitative estimate of drug-likeness (QED) is 0.755. The van der Waals surface area contributed by atoms with Crippen LogP contribution >= 0.6 is 0 Å². The molecule has 1 amide bonds. The number of benzene rings is 2. The Hall–Kier alpha value is -2.82. The van der Waals surface area contributed by atoms with Crippen molar-refractivity contribution in [3.05, 3.63) is 59.7 Å². The third-order valence-electron chi connectivity index (χ3n) is 4.38. The lowest BCUT2D eigenvalue weighted by Gasteiger charge is -2.23. The highest BCUT2D eigenvalue weighted by Gasteiger charge is 2.19. The van der Waals surface area contributed by atoms with Crippen LogP contribution in [0.4, 0.5) is 0 Å². The number of carbonyl (C=O) groups excluding carboxylic acids is 1. The summed E-state index contributed by atoms with van der Waals surface area (Å²) >= 11 is 0. The molecule has 0 spiro atoms. The van der Waals surface area contributed by atoms with Gasteiger partial charge in [0.2, 0.25) is 0 Å².